The number of nitrogens with zero attached hydrogens (tertiary/aromatic N) is 3. The molecule has 0 aromatic carbocycles. The molecular weight excluding hydrogens is 326 g/mol. The van der Waals surface area contributed by atoms with Gasteiger partial charge in [0.2, 0.25) is 0 Å². The molecule has 2 aromatic heterocycles. The molecular formula is C21H33N3O2. The topological polar surface area (TPSA) is 53.1 Å². The summed E-state index contributed by atoms with van der Waals surface area (Å²) < 4.78 is 12.5. The predicted molar refractivity (Wildman–Crippen MR) is 103 cm³/mol. The van der Waals surface area contributed by atoms with Crippen LogP contribution in [0, 0.1) is 0 Å². The minimum atomic E-state index is 0.0899. The summed E-state index contributed by atoms with van der Waals surface area (Å²) in [4.78, 5) is 0. The van der Waals surface area contributed by atoms with Crippen LogP contribution in [-0.2, 0) is 10.2 Å². The van der Waals surface area contributed by atoms with Gasteiger partial charge < -0.3 is 9.26 Å². The third-order valence-corrected chi connectivity index (χ3v) is 5.60. The average Bonchev–Trinajstić information content (AvgIpc) is 3.32. The van der Waals surface area contributed by atoms with Crippen molar-refractivity contribution in [3.8, 4) is 0 Å². The molecule has 0 N–H and O–H groups in total. The Kier molecular flexibility index (Phi) is 5.86. The van der Waals surface area contributed by atoms with Crippen molar-refractivity contribution >= 4 is 0 Å². The molecule has 1 saturated carbocycles. The molecule has 1 aliphatic heterocycles. The van der Waals surface area contributed by atoms with E-state index in [-0.39, 0.29) is 5.41 Å². The van der Waals surface area contributed by atoms with Gasteiger partial charge >= 0.3 is 0 Å². The van der Waals surface area contributed by atoms with Crippen molar-refractivity contribution in [2.75, 3.05) is 13.2 Å². The van der Waals surface area contributed by atoms with Gasteiger partial charge in [-0.05, 0) is 37.7 Å². The van der Waals surface area contributed by atoms with Crippen LogP contribution in [0.4, 0.5) is 0 Å². The molecule has 26 heavy (non-hydrogen) atoms. The van der Waals surface area contributed by atoms with Crippen molar-refractivity contribution in [1.29, 1.82) is 0 Å². The normalized spacial score (nSPS) is 19.5. The fourth-order valence-electron chi connectivity index (χ4n) is 3.89. The highest BCUT2D eigenvalue weighted by atomic mass is 16.5. The van der Waals surface area contributed by atoms with Crippen molar-refractivity contribution in [3.05, 3.63) is 35.5 Å². The van der Waals surface area contributed by atoms with E-state index in [9.17, 15) is 0 Å². The molecule has 0 atom stereocenters. The highest BCUT2D eigenvalue weighted by Crippen LogP contribution is 2.35. The molecule has 3 heterocycles. The van der Waals surface area contributed by atoms with Crippen LogP contribution in [0.5, 0.6) is 0 Å². The number of aromatic nitrogens is 3. The summed E-state index contributed by atoms with van der Waals surface area (Å²) in [5, 5.41) is 8.51. The molecule has 0 spiro atoms. The molecule has 0 bridgehead atoms. The summed E-state index contributed by atoms with van der Waals surface area (Å²) >= 11 is 0. The van der Waals surface area contributed by atoms with Gasteiger partial charge in [0.15, 0.2) is 0 Å². The minimum absolute atomic E-state index is 0.0899. The quantitative estimate of drug-likeness (QED) is 0.752. The first-order chi connectivity index (χ1) is 12.4. The SMILES string of the molecule is CC(C)c1ccnn1C1CCCC1.CC(C)c1conc1C1(C)COC1. The molecule has 0 amide bonds. The van der Waals surface area contributed by atoms with Gasteiger partial charge in [0.1, 0.15) is 6.26 Å². The lowest BCUT2D eigenvalue weighted by Crippen LogP contribution is -2.44. The summed E-state index contributed by atoms with van der Waals surface area (Å²) in [5.74, 6) is 1.07. The Morgan fingerprint density at radius 2 is 1.81 bits per heavy atom. The van der Waals surface area contributed by atoms with Gasteiger partial charge in [-0.25, -0.2) is 0 Å². The van der Waals surface area contributed by atoms with Crippen molar-refractivity contribution in [1.82, 2.24) is 14.9 Å². The molecule has 5 nitrogen and oxygen atoms in total. The first kappa shape index (κ1) is 19.2. The van der Waals surface area contributed by atoms with Gasteiger partial charge in [0.25, 0.3) is 0 Å². The van der Waals surface area contributed by atoms with Crippen LogP contribution in [0.2, 0.25) is 0 Å². The first-order valence-electron chi connectivity index (χ1n) is 9.98. The molecule has 0 unspecified atom stereocenters. The van der Waals surface area contributed by atoms with Crippen molar-refractivity contribution in [2.45, 2.75) is 83.6 Å². The Hall–Kier alpha value is -1.62. The van der Waals surface area contributed by atoms with E-state index in [2.05, 4.69) is 55.6 Å². The van der Waals surface area contributed by atoms with Crippen LogP contribution in [0.1, 0.15) is 95.1 Å². The Labute approximate surface area is 157 Å². The molecule has 5 heteroatoms. The average molecular weight is 360 g/mol. The minimum Gasteiger partial charge on any atom is -0.379 e. The zero-order valence-corrected chi connectivity index (χ0v) is 16.9. The maximum absolute atomic E-state index is 5.21. The molecule has 2 aromatic rings. The molecule has 2 fully saturated rings. The number of rotatable bonds is 4. The molecule has 4 rings (SSSR count). The van der Waals surface area contributed by atoms with Crippen LogP contribution in [0.3, 0.4) is 0 Å². The molecule has 1 saturated heterocycles. The van der Waals surface area contributed by atoms with E-state index in [0.29, 0.717) is 17.9 Å². The Morgan fingerprint density at radius 3 is 2.35 bits per heavy atom. The van der Waals surface area contributed by atoms with E-state index in [4.69, 9.17) is 9.26 Å². The van der Waals surface area contributed by atoms with Gasteiger partial charge in [-0.2, -0.15) is 5.10 Å². The van der Waals surface area contributed by atoms with E-state index in [1.165, 1.54) is 36.9 Å². The summed E-state index contributed by atoms with van der Waals surface area (Å²) in [5.41, 5.74) is 3.78. The maximum atomic E-state index is 5.21. The fourth-order valence-corrected chi connectivity index (χ4v) is 3.89. The van der Waals surface area contributed by atoms with Gasteiger partial charge in [-0.15, -0.1) is 0 Å². The summed E-state index contributed by atoms with van der Waals surface area (Å²) in [6, 6.07) is 2.84. The molecule has 144 valence electrons. The van der Waals surface area contributed by atoms with Crippen LogP contribution < -0.4 is 0 Å². The fraction of sp³-hybridized carbons (Fsp3) is 0.714. The lowest BCUT2D eigenvalue weighted by atomic mass is 9.81. The third kappa shape index (κ3) is 3.88. The lowest BCUT2D eigenvalue weighted by Gasteiger charge is -2.37. The lowest BCUT2D eigenvalue weighted by molar-refractivity contribution is -0.0537. The molecule has 2 aliphatic rings. The second-order valence-electron chi connectivity index (χ2n) is 8.62. The second-order valence-corrected chi connectivity index (χ2v) is 8.62. The van der Waals surface area contributed by atoms with Crippen LogP contribution in [-0.4, -0.2) is 28.2 Å². The number of hydrogen-bond acceptors (Lipinski definition) is 4. The first-order valence-corrected chi connectivity index (χ1v) is 9.98. The Bertz CT molecular complexity index is 692. The second kappa shape index (κ2) is 7.95. The van der Waals surface area contributed by atoms with Crippen molar-refractivity contribution in [3.63, 3.8) is 0 Å². The third-order valence-electron chi connectivity index (χ3n) is 5.60. The largest absolute Gasteiger partial charge is 0.379 e. The Morgan fingerprint density at radius 1 is 1.12 bits per heavy atom. The van der Waals surface area contributed by atoms with Gasteiger partial charge in [0.05, 0.1) is 30.4 Å². The van der Waals surface area contributed by atoms with E-state index < -0.39 is 0 Å². The highest BCUT2D eigenvalue weighted by molar-refractivity contribution is 5.28. The van der Waals surface area contributed by atoms with Crippen molar-refractivity contribution < 1.29 is 9.26 Å². The van der Waals surface area contributed by atoms with Crippen LogP contribution in [0.25, 0.3) is 0 Å². The van der Waals surface area contributed by atoms with Gasteiger partial charge in [0, 0.05) is 17.5 Å². The van der Waals surface area contributed by atoms with Crippen LogP contribution >= 0.6 is 0 Å². The maximum Gasteiger partial charge on any atom is 0.127 e. The zero-order valence-electron chi connectivity index (χ0n) is 16.9. The van der Waals surface area contributed by atoms with Crippen molar-refractivity contribution in [2.24, 2.45) is 0 Å². The van der Waals surface area contributed by atoms with Gasteiger partial charge in [-0.1, -0.05) is 45.7 Å². The predicted octanol–water partition coefficient (Wildman–Crippen LogP) is 5.21. The van der Waals surface area contributed by atoms with Gasteiger partial charge in [-0.3, -0.25) is 4.68 Å². The Balaban J connectivity index is 0.000000151. The monoisotopic (exact) mass is 359 g/mol. The standard InChI is InChI=1S/C11H18N2.C10H15NO2/c1-9(2)11-7-8-12-13(11)10-5-3-4-6-10;1-7(2)8-4-13-11-9(8)10(3)5-12-6-10/h7-10H,3-6H2,1-2H3;4,7H,5-6H2,1-3H3. The van der Waals surface area contributed by atoms with E-state index in [1.54, 1.807) is 6.26 Å². The summed E-state index contributed by atoms with van der Waals surface area (Å²) in [6.45, 7) is 12.5. The molecule has 1 aliphatic carbocycles. The zero-order chi connectivity index (χ0) is 18.7. The highest BCUT2D eigenvalue weighted by Gasteiger charge is 2.40. The van der Waals surface area contributed by atoms with E-state index >= 15 is 0 Å². The number of hydrogen-bond donors (Lipinski definition) is 0. The van der Waals surface area contributed by atoms with Crippen LogP contribution in [0.15, 0.2) is 23.0 Å². The van der Waals surface area contributed by atoms with E-state index in [0.717, 1.165) is 18.9 Å². The number of ether oxygens (including phenoxy) is 1. The summed E-state index contributed by atoms with van der Waals surface area (Å²) in [7, 11) is 0. The van der Waals surface area contributed by atoms with E-state index in [1.807, 2.05) is 6.20 Å². The summed E-state index contributed by atoms with van der Waals surface area (Å²) in [6.07, 6.45) is 9.09. The smallest absolute Gasteiger partial charge is 0.127 e. The molecule has 0 radical (unpaired) electrons.